The monoisotopic (exact) mass is 397 g/mol. The quantitative estimate of drug-likeness (QED) is 0.410. The van der Waals surface area contributed by atoms with Crippen LogP contribution in [0, 0.1) is 6.92 Å². The van der Waals surface area contributed by atoms with Crippen LogP contribution < -0.4 is 10.1 Å². The van der Waals surface area contributed by atoms with Gasteiger partial charge in [-0.1, -0.05) is 26.2 Å². The van der Waals surface area contributed by atoms with Crippen LogP contribution in [0.5, 0.6) is 5.75 Å². The zero-order valence-corrected chi connectivity index (χ0v) is 18.5. The Kier molecular flexibility index (Phi) is 7.40. The Hall–Kier alpha value is -2.23. The van der Waals surface area contributed by atoms with Crippen LogP contribution in [0.15, 0.2) is 16.6 Å². The zero-order chi connectivity index (χ0) is 20.8. The topological polar surface area (TPSA) is 51.5 Å². The molecule has 2 aromatic rings. The Labute approximate surface area is 174 Å². The van der Waals surface area contributed by atoms with Gasteiger partial charge in [0.25, 0.3) is 0 Å². The number of carbonyl (C=O) groups excluding carboxylic acids is 1. The summed E-state index contributed by atoms with van der Waals surface area (Å²) in [5.41, 5.74) is 5.23. The molecule has 1 aliphatic rings. The van der Waals surface area contributed by atoms with Crippen LogP contribution >= 0.6 is 0 Å². The molecule has 0 unspecified atom stereocenters. The summed E-state index contributed by atoms with van der Waals surface area (Å²) in [5.74, 6) is 1.92. The van der Waals surface area contributed by atoms with E-state index in [4.69, 9.17) is 9.15 Å². The summed E-state index contributed by atoms with van der Waals surface area (Å²) >= 11 is 0. The molecule has 1 aliphatic carbocycles. The molecule has 0 fully saturated rings. The first-order chi connectivity index (χ1) is 14.1. The third kappa shape index (κ3) is 4.85. The molecule has 1 aromatic heterocycles. The Morgan fingerprint density at radius 2 is 2.00 bits per heavy atom. The second-order valence-corrected chi connectivity index (χ2v) is 8.08. The lowest BCUT2D eigenvalue weighted by Gasteiger charge is -2.15. The fourth-order valence-corrected chi connectivity index (χ4v) is 4.25. The molecule has 0 saturated heterocycles. The smallest absolute Gasteiger partial charge is 0.244 e. The summed E-state index contributed by atoms with van der Waals surface area (Å²) in [5, 5.41) is 4.20. The predicted molar refractivity (Wildman–Crippen MR) is 120 cm³/mol. The van der Waals surface area contributed by atoms with Crippen LogP contribution in [-0.4, -0.2) is 19.1 Å². The fraction of sp³-hybridized carbons (Fsp3) is 0.560. The van der Waals surface area contributed by atoms with Crippen molar-refractivity contribution in [1.29, 1.82) is 0 Å². The lowest BCUT2D eigenvalue weighted by atomic mass is 9.93. The van der Waals surface area contributed by atoms with Crippen molar-refractivity contribution in [2.45, 2.75) is 79.1 Å². The number of rotatable bonds is 9. The summed E-state index contributed by atoms with van der Waals surface area (Å²) in [6.45, 7) is 9.54. The Morgan fingerprint density at radius 1 is 1.21 bits per heavy atom. The van der Waals surface area contributed by atoms with Gasteiger partial charge in [0.2, 0.25) is 5.91 Å². The van der Waals surface area contributed by atoms with Gasteiger partial charge in [-0.05, 0) is 58.1 Å². The van der Waals surface area contributed by atoms with Crippen molar-refractivity contribution in [3.63, 3.8) is 0 Å². The second kappa shape index (κ2) is 10.00. The molecule has 1 amide bonds. The lowest BCUT2D eigenvalue weighted by molar-refractivity contribution is -0.116. The summed E-state index contributed by atoms with van der Waals surface area (Å²) in [6, 6.07) is 2.17. The molecule has 0 spiro atoms. The van der Waals surface area contributed by atoms with Crippen molar-refractivity contribution in [1.82, 2.24) is 5.32 Å². The minimum Gasteiger partial charge on any atom is -0.493 e. The number of aryl methyl sites for hydroxylation is 3. The van der Waals surface area contributed by atoms with E-state index in [1.165, 1.54) is 36.6 Å². The van der Waals surface area contributed by atoms with Gasteiger partial charge in [0.05, 0.1) is 6.61 Å². The summed E-state index contributed by atoms with van der Waals surface area (Å²) in [7, 11) is 0. The average molecular weight is 398 g/mol. The van der Waals surface area contributed by atoms with Crippen molar-refractivity contribution in [2.75, 3.05) is 13.2 Å². The van der Waals surface area contributed by atoms with Crippen molar-refractivity contribution < 1.29 is 13.9 Å². The Morgan fingerprint density at radius 3 is 2.76 bits per heavy atom. The van der Waals surface area contributed by atoms with Gasteiger partial charge in [-0.3, -0.25) is 4.79 Å². The predicted octanol–water partition coefficient (Wildman–Crippen LogP) is 6.12. The van der Waals surface area contributed by atoms with E-state index in [1.807, 2.05) is 13.8 Å². The SMILES string of the molecule is CCCCCCNC(=O)/C=C(\C)c1cc2c3c(oc2c(C)c1OCC)CCCC3. The largest absolute Gasteiger partial charge is 0.493 e. The van der Waals surface area contributed by atoms with Crippen LogP contribution in [0.4, 0.5) is 0 Å². The molecule has 1 aromatic carbocycles. The maximum absolute atomic E-state index is 12.4. The Bertz CT molecular complexity index is 891. The number of hydrogen-bond donors (Lipinski definition) is 1. The normalized spacial score (nSPS) is 14.1. The molecule has 0 radical (unpaired) electrons. The summed E-state index contributed by atoms with van der Waals surface area (Å²) < 4.78 is 12.2. The van der Waals surface area contributed by atoms with E-state index in [1.54, 1.807) is 6.08 Å². The molecule has 4 nitrogen and oxygen atoms in total. The summed E-state index contributed by atoms with van der Waals surface area (Å²) in [6.07, 6.45) is 10.8. The van der Waals surface area contributed by atoms with Crippen LogP contribution in [-0.2, 0) is 17.6 Å². The number of ether oxygens (including phenoxy) is 1. The van der Waals surface area contributed by atoms with E-state index >= 15 is 0 Å². The van der Waals surface area contributed by atoms with E-state index in [0.29, 0.717) is 6.61 Å². The maximum Gasteiger partial charge on any atom is 0.244 e. The molecule has 0 bridgehead atoms. The molecule has 3 rings (SSSR count). The number of fused-ring (bicyclic) bond motifs is 3. The summed E-state index contributed by atoms with van der Waals surface area (Å²) in [4.78, 5) is 12.4. The molecular weight excluding hydrogens is 362 g/mol. The van der Waals surface area contributed by atoms with E-state index in [0.717, 1.165) is 66.0 Å². The highest BCUT2D eigenvalue weighted by Gasteiger charge is 2.23. The third-order valence-corrected chi connectivity index (χ3v) is 5.82. The second-order valence-electron chi connectivity index (χ2n) is 8.08. The number of furan rings is 1. The van der Waals surface area contributed by atoms with E-state index in [2.05, 4.69) is 25.2 Å². The van der Waals surface area contributed by atoms with E-state index in [9.17, 15) is 4.79 Å². The van der Waals surface area contributed by atoms with Gasteiger partial charge >= 0.3 is 0 Å². The number of benzene rings is 1. The number of allylic oxidation sites excluding steroid dienone is 1. The highest BCUT2D eigenvalue weighted by atomic mass is 16.5. The van der Waals surface area contributed by atoms with Gasteiger partial charge in [-0.25, -0.2) is 0 Å². The zero-order valence-electron chi connectivity index (χ0n) is 18.5. The van der Waals surface area contributed by atoms with E-state index < -0.39 is 0 Å². The molecule has 1 N–H and O–H groups in total. The first-order valence-corrected chi connectivity index (χ1v) is 11.2. The number of hydrogen-bond acceptors (Lipinski definition) is 3. The van der Waals surface area contributed by atoms with Gasteiger partial charge in [-0.15, -0.1) is 0 Å². The first-order valence-electron chi connectivity index (χ1n) is 11.2. The first kappa shape index (κ1) is 21.5. The standard InChI is InChI=1S/C25H35NO3/c1-5-7-8-11-14-26-23(27)15-17(3)20-16-21-19-12-9-10-13-22(19)29-25(21)18(4)24(20)28-6-2/h15-16H,5-14H2,1-4H3,(H,26,27)/b17-15+. The third-order valence-electron chi connectivity index (χ3n) is 5.82. The highest BCUT2D eigenvalue weighted by molar-refractivity contribution is 5.98. The van der Waals surface area contributed by atoms with Gasteiger partial charge in [0, 0.05) is 41.1 Å². The lowest BCUT2D eigenvalue weighted by Crippen LogP contribution is -2.22. The minimum atomic E-state index is -0.0339. The number of carbonyl (C=O) groups is 1. The average Bonchev–Trinajstić information content (AvgIpc) is 3.09. The minimum absolute atomic E-state index is 0.0339. The number of nitrogens with one attached hydrogen (secondary N) is 1. The van der Waals surface area contributed by atoms with Gasteiger partial charge in [0.15, 0.2) is 0 Å². The highest BCUT2D eigenvalue weighted by Crippen LogP contribution is 2.41. The number of unbranched alkanes of at least 4 members (excludes halogenated alkanes) is 3. The van der Waals surface area contributed by atoms with Crippen LogP contribution in [0.25, 0.3) is 16.5 Å². The molecule has 158 valence electrons. The molecular formula is C25H35NO3. The maximum atomic E-state index is 12.4. The van der Waals surface area contributed by atoms with Crippen molar-refractivity contribution in [3.05, 3.63) is 34.6 Å². The molecule has 1 heterocycles. The van der Waals surface area contributed by atoms with Crippen LogP contribution in [0.2, 0.25) is 0 Å². The number of amides is 1. The molecule has 29 heavy (non-hydrogen) atoms. The van der Waals surface area contributed by atoms with Gasteiger partial charge in [0.1, 0.15) is 17.1 Å². The van der Waals surface area contributed by atoms with Crippen LogP contribution in [0.1, 0.15) is 81.7 Å². The molecule has 0 saturated carbocycles. The van der Waals surface area contributed by atoms with Crippen molar-refractivity contribution >= 4 is 22.4 Å². The van der Waals surface area contributed by atoms with Crippen LogP contribution in [0.3, 0.4) is 0 Å². The van der Waals surface area contributed by atoms with E-state index in [-0.39, 0.29) is 5.91 Å². The Balaban J connectivity index is 1.90. The van der Waals surface area contributed by atoms with Crippen molar-refractivity contribution in [3.8, 4) is 5.75 Å². The molecule has 0 aliphatic heterocycles. The molecule has 0 atom stereocenters. The molecule has 4 heteroatoms. The fourth-order valence-electron chi connectivity index (χ4n) is 4.25. The van der Waals surface area contributed by atoms with Crippen molar-refractivity contribution in [2.24, 2.45) is 0 Å². The van der Waals surface area contributed by atoms with Gasteiger partial charge < -0.3 is 14.5 Å². The van der Waals surface area contributed by atoms with Gasteiger partial charge in [-0.2, -0.15) is 0 Å².